The second-order valence-electron chi connectivity index (χ2n) is 11.6. The first-order valence-electron chi connectivity index (χ1n) is 14.2. The highest BCUT2D eigenvalue weighted by Crippen LogP contribution is 2.45. The molecular weight excluding hydrogens is 506 g/mol. The molecule has 10 nitrogen and oxygen atoms in total. The summed E-state index contributed by atoms with van der Waals surface area (Å²) < 4.78 is 2.17. The van der Waals surface area contributed by atoms with Gasteiger partial charge >= 0.3 is 0 Å². The first kappa shape index (κ1) is 24.8. The third-order valence-corrected chi connectivity index (χ3v) is 8.68. The molecule has 2 aromatic heterocycles. The molecule has 206 valence electrons. The molecule has 3 fully saturated rings. The number of imide groups is 1. The molecule has 0 radical (unpaired) electrons. The summed E-state index contributed by atoms with van der Waals surface area (Å²) in [4.78, 5) is 43.0. The number of nitrogens with zero attached hydrogens (tertiary/aromatic N) is 4. The van der Waals surface area contributed by atoms with Gasteiger partial charge in [0, 0.05) is 67.9 Å². The smallest absolute Gasteiger partial charge is 0.254 e. The van der Waals surface area contributed by atoms with Crippen molar-refractivity contribution in [1.29, 1.82) is 0 Å². The average Bonchev–Trinajstić information content (AvgIpc) is 3.59. The molecule has 0 atom stereocenters. The van der Waals surface area contributed by atoms with Crippen molar-refractivity contribution in [2.45, 2.75) is 63.1 Å². The van der Waals surface area contributed by atoms with E-state index in [2.05, 4.69) is 32.9 Å². The molecule has 3 N–H and O–H groups in total. The van der Waals surface area contributed by atoms with Crippen molar-refractivity contribution in [3.8, 4) is 11.3 Å². The van der Waals surface area contributed by atoms with Crippen LogP contribution in [0.5, 0.6) is 0 Å². The summed E-state index contributed by atoms with van der Waals surface area (Å²) in [6.07, 6.45) is 7.05. The van der Waals surface area contributed by atoms with E-state index in [-0.39, 0.29) is 36.6 Å². The zero-order valence-corrected chi connectivity index (χ0v) is 22.5. The van der Waals surface area contributed by atoms with Crippen LogP contribution in [-0.4, -0.2) is 57.0 Å². The number of carbonyl (C=O) groups excluding carboxylic acids is 3. The minimum atomic E-state index is -0.379. The minimum absolute atomic E-state index is 0.104. The fourth-order valence-corrected chi connectivity index (χ4v) is 6.24. The first-order valence-corrected chi connectivity index (χ1v) is 14.2. The molecule has 2 aliphatic carbocycles. The summed E-state index contributed by atoms with van der Waals surface area (Å²) in [5.41, 5.74) is 5.89. The monoisotopic (exact) mass is 539 g/mol. The third kappa shape index (κ3) is 4.61. The standard InChI is InChI=1S/C30H33N7O3/c1-31-26-4-2-3-25(33-26)24-16-37(35-29(24)18-5-6-18)22-9-17(10-22)14-32-20-7-8-23-19(11-20)15-36(30(23)40)21-12-27(38)34-28(39)13-21/h2-4,7-8,11,16-18,21-22,32H,5-6,9-10,12-15H2,1H3,(H,31,33)(H,34,38,39). The van der Waals surface area contributed by atoms with Gasteiger partial charge in [-0.2, -0.15) is 5.10 Å². The van der Waals surface area contributed by atoms with E-state index < -0.39 is 0 Å². The van der Waals surface area contributed by atoms with Gasteiger partial charge in [-0.05, 0) is 67.5 Å². The summed E-state index contributed by atoms with van der Waals surface area (Å²) in [6.45, 7) is 1.29. The van der Waals surface area contributed by atoms with Crippen molar-refractivity contribution in [3.05, 3.63) is 59.4 Å². The Hall–Kier alpha value is -4.21. The van der Waals surface area contributed by atoms with Crippen LogP contribution < -0.4 is 16.0 Å². The van der Waals surface area contributed by atoms with E-state index in [9.17, 15) is 14.4 Å². The lowest BCUT2D eigenvalue weighted by atomic mass is 9.80. The molecule has 10 heteroatoms. The predicted molar refractivity (Wildman–Crippen MR) is 150 cm³/mol. The number of nitrogens with one attached hydrogen (secondary N) is 3. The number of piperidine rings is 1. The molecule has 2 aliphatic heterocycles. The number of anilines is 2. The molecule has 4 heterocycles. The molecule has 0 spiro atoms. The second-order valence-corrected chi connectivity index (χ2v) is 11.6. The number of fused-ring (bicyclic) bond motifs is 1. The molecule has 2 saturated carbocycles. The van der Waals surface area contributed by atoms with E-state index in [1.807, 2.05) is 37.4 Å². The highest BCUT2D eigenvalue weighted by atomic mass is 16.2. The normalized spacial score (nSPS) is 22.6. The van der Waals surface area contributed by atoms with Gasteiger partial charge in [0.2, 0.25) is 11.8 Å². The molecule has 3 amide bonds. The number of carbonyl (C=O) groups is 3. The summed E-state index contributed by atoms with van der Waals surface area (Å²) in [5.74, 6) is 1.22. The van der Waals surface area contributed by atoms with Gasteiger partial charge < -0.3 is 15.5 Å². The van der Waals surface area contributed by atoms with Gasteiger partial charge in [0.15, 0.2) is 0 Å². The van der Waals surface area contributed by atoms with Crippen molar-refractivity contribution < 1.29 is 14.4 Å². The van der Waals surface area contributed by atoms with Crippen LogP contribution in [0.1, 0.15) is 72.1 Å². The maximum Gasteiger partial charge on any atom is 0.254 e. The lowest BCUT2D eigenvalue weighted by molar-refractivity contribution is -0.135. The molecule has 40 heavy (non-hydrogen) atoms. The number of aromatic nitrogens is 3. The van der Waals surface area contributed by atoms with Gasteiger partial charge in [0.25, 0.3) is 5.91 Å². The Morgan fingerprint density at radius 3 is 2.55 bits per heavy atom. The average molecular weight is 540 g/mol. The topological polar surface area (TPSA) is 121 Å². The van der Waals surface area contributed by atoms with Crippen LogP contribution in [0, 0.1) is 5.92 Å². The van der Waals surface area contributed by atoms with Crippen LogP contribution in [0.3, 0.4) is 0 Å². The lowest BCUT2D eigenvalue weighted by Crippen LogP contribution is -2.48. The highest BCUT2D eigenvalue weighted by Gasteiger charge is 2.38. The Balaban J connectivity index is 0.969. The zero-order valence-electron chi connectivity index (χ0n) is 22.5. The van der Waals surface area contributed by atoms with Gasteiger partial charge in [-0.3, -0.25) is 24.4 Å². The van der Waals surface area contributed by atoms with E-state index >= 15 is 0 Å². The van der Waals surface area contributed by atoms with Crippen LogP contribution in [-0.2, 0) is 16.1 Å². The summed E-state index contributed by atoms with van der Waals surface area (Å²) in [5, 5.41) is 14.0. The molecule has 4 aliphatic rings. The van der Waals surface area contributed by atoms with Crippen molar-refractivity contribution in [2.75, 3.05) is 24.2 Å². The molecular formula is C30H33N7O3. The SMILES string of the molecule is CNc1cccc(-c2cn(C3CC(CNc4ccc5c(c4)CN(C4CC(=O)NC(=O)C4)C5=O)C3)nc2C2CC2)n1. The Morgan fingerprint density at radius 2 is 1.80 bits per heavy atom. The number of hydrogen-bond acceptors (Lipinski definition) is 7. The maximum absolute atomic E-state index is 13.0. The Morgan fingerprint density at radius 1 is 1.00 bits per heavy atom. The number of pyridine rings is 1. The zero-order chi connectivity index (χ0) is 27.4. The summed E-state index contributed by atoms with van der Waals surface area (Å²) in [7, 11) is 1.89. The van der Waals surface area contributed by atoms with Crippen molar-refractivity contribution in [2.24, 2.45) is 5.92 Å². The van der Waals surface area contributed by atoms with Crippen LogP contribution in [0.15, 0.2) is 42.6 Å². The second kappa shape index (κ2) is 9.76. The van der Waals surface area contributed by atoms with E-state index in [1.54, 1.807) is 4.90 Å². The number of rotatable bonds is 8. The lowest BCUT2D eigenvalue weighted by Gasteiger charge is -2.35. The number of amides is 3. The Bertz CT molecular complexity index is 1490. The minimum Gasteiger partial charge on any atom is -0.385 e. The quantitative estimate of drug-likeness (QED) is 0.373. The summed E-state index contributed by atoms with van der Waals surface area (Å²) in [6, 6.07) is 11.9. The van der Waals surface area contributed by atoms with Crippen molar-refractivity contribution in [3.63, 3.8) is 0 Å². The molecule has 0 bridgehead atoms. The van der Waals surface area contributed by atoms with Gasteiger partial charge in [-0.1, -0.05) is 6.07 Å². The summed E-state index contributed by atoms with van der Waals surface area (Å²) >= 11 is 0. The number of benzene rings is 1. The van der Waals surface area contributed by atoms with E-state index in [4.69, 9.17) is 10.1 Å². The van der Waals surface area contributed by atoms with Crippen LogP contribution in [0.4, 0.5) is 11.5 Å². The molecule has 0 unspecified atom stereocenters. The van der Waals surface area contributed by atoms with Gasteiger partial charge in [-0.15, -0.1) is 0 Å². The first-order chi connectivity index (χ1) is 19.4. The van der Waals surface area contributed by atoms with Gasteiger partial charge in [-0.25, -0.2) is 4.98 Å². The predicted octanol–water partition coefficient (Wildman–Crippen LogP) is 3.69. The third-order valence-electron chi connectivity index (χ3n) is 8.68. The van der Waals surface area contributed by atoms with Crippen LogP contribution >= 0.6 is 0 Å². The molecule has 1 saturated heterocycles. The largest absolute Gasteiger partial charge is 0.385 e. The van der Waals surface area contributed by atoms with E-state index in [0.29, 0.717) is 30.0 Å². The van der Waals surface area contributed by atoms with E-state index in [0.717, 1.165) is 47.7 Å². The molecule has 1 aromatic carbocycles. The van der Waals surface area contributed by atoms with Crippen LogP contribution in [0.25, 0.3) is 11.3 Å². The number of hydrogen-bond donors (Lipinski definition) is 3. The Labute approximate surface area is 232 Å². The van der Waals surface area contributed by atoms with Crippen LogP contribution in [0.2, 0.25) is 0 Å². The fraction of sp³-hybridized carbons (Fsp3) is 0.433. The van der Waals surface area contributed by atoms with Gasteiger partial charge in [0.1, 0.15) is 5.82 Å². The van der Waals surface area contributed by atoms with E-state index in [1.165, 1.54) is 18.5 Å². The van der Waals surface area contributed by atoms with Gasteiger partial charge in [0.05, 0.1) is 17.4 Å². The van der Waals surface area contributed by atoms with Crippen molar-refractivity contribution >= 4 is 29.2 Å². The molecule has 7 rings (SSSR count). The Kier molecular flexibility index (Phi) is 6.05. The fourth-order valence-electron chi connectivity index (χ4n) is 6.24. The molecule has 3 aromatic rings. The van der Waals surface area contributed by atoms with Crippen molar-refractivity contribution in [1.82, 2.24) is 25.0 Å². The highest BCUT2D eigenvalue weighted by molar-refractivity contribution is 6.02. The maximum atomic E-state index is 13.0.